The van der Waals surface area contributed by atoms with Crippen LogP contribution in [0.5, 0.6) is 5.75 Å². The van der Waals surface area contributed by atoms with Gasteiger partial charge in [0.15, 0.2) is 11.5 Å². The number of aromatic nitrogens is 3. The summed E-state index contributed by atoms with van der Waals surface area (Å²) in [4.78, 5) is 8.66. The molecule has 3 heterocycles. The van der Waals surface area contributed by atoms with Gasteiger partial charge in [-0.1, -0.05) is 17.7 Å². The first-order valence-electron chi connectivity index (χ1n) is 8.05. The number of nitrogens with one attached hydrogen (secondary N) is 1. The van der Waals surface area contributed by atoms with Crippen LogP contribution in [0.15, 0.2) is 48.8 Å². The van der Waals surface area contributed by atoms with Gasteiger partial charge in [0.1, 0.15) is 5.75 Å². The van der Waals surface area contributed by atoms with Gasteiger partial charge in [0.25, 0.3) is 0 Å². The van der Waals surface area contributed by atoms with Crippen molar-refractivity contribution in [1.29, 1.82) is 0 Å². The molecule has 1 aliphatic rings. The first kappa shape index (κ1) is 17.1. The number of rotatable bonds is 2. The number of hydrogen-bond donors (Lipinski definition) is 1. The van der Waals surface area contributed by atoms with E-state index in [1.165, 1.54) is 12.3 Å². The lowest BCUT2D eigenvalue weighted by Gasteiger charge is -2.16. The number of nitrogens with zero attached hydrogens (tertiary/aromatic N) is 3. The smallest absolute Gasteiger partial charge is 0.427 e. The molecule has 1 aliphatic heterocycles. The molecule has 0 radical (unpaired) electrons. The van der Waals surface area contributed by atoms with Crippen molar-refractivity contribution in [2.75, 3.05) is 5.32 Å². The number of halogens is 5. The zero-order valence-electron chi connectivity index (χ0n) is 13.8. The number of hydrogen-bond acceptors (Lipinski definition) is 4. The molecular formula is C18H9ClF4N4O. The molecule has 0 unspecified atom stereocenters. The summed E-state index contributed by atoms with van der Waals surface area (Å²) in [5.74, 6) is -4.74. The molecule has 0 aliphatic carbocycles. The summed E-state index contributed by atoms with van der Waals surface area (Å²) in [7, 11) is 0. The SMILES string of the molecule is FC1(F)Oc2ccc(Nc3nc4cccc(Cl)c4n4ccnc34)cc2C1(F)F. The number of benzene rings is 2. The van der Waals surface area contributed by atoms with Crippen LogP contribution < -0.4 is 10.1 Å². The molecule has 0 spiro atoms. The van der Waals surface area contributed by atoms with Crippen molar-refractivity contribution in [2.24, 2.45) is 0 Å². The first-order valence-corrected chi connectivity index (χ1v) is 8.43. The van der Waals surface area contributed by atoms with Gasteiger partial charge in [0.2, 0.25) is 0 Å². The van der Waals surface area contributed by atoms with Gasteiger partial charge < -0.3 is 10.1 Å². The zero-order chi connectivity index (χ0) is 19.7. The maximum atomic E-state index is 13.9. The van der Waals surface area contributed by atoms with Crippen molar-refractivity contribution >= 4 is 39.8 Å². The molecule has 0 bridgehead atoms. The molecule has 5 nitrogen and oxygen atoms in total. The predicted octanol–water partition coefficient (Wildman–Crippen LogP) is 5.36. The van der Waals surface area contributed by atoms with E-state index < -0.39 is 23.3 Å². The Morgan fingerprint density at radius 2 is 1.93 bits per heavy atom. The van der Waals surface area contributed by atoms with E-state index >= 15 is 0 Å². The van der Waals surface area contributed by atoms with Gasteiger partial charge in [-0.2, -0.15) is 17.6 Å². The van der Waals surface area contributed by atoms with Crippen LogP contribution in [-0.4, -0.2) is 20.5 Å². The number of para-hydroxylation sites is 1. The number of fused-ring (bicyclic) bond motifs is 4. The van der Waals surface area contributed by atoms with Crippen LogP contribution in [0.2, 0.25) is 5.02 Å². The predicted molar refractivity (Wildman–Crippen MR) is 94.7 cm³/mol. The van der Waals surface area contributed by atoms with Crippen molar-refractivity contribution in [3.8, 4) is 5.75 Å². The zero-order valence-corrected chi connectivity index (χ0v) is 14.5. The Kier molecular flexibility index (Phi) is 3.34. The minimum Gasteiger partial charge on any atom is -0.427 e. The highest BCUT2D eigenvalue weighted by atomic mass is 35.5. The Morgan fingerprint density at radius 1 is 1.11 bits per heavy atom. The average Bonchev–Trinajstić information content (AvgIpc) is 3.18. The molecule has 10 heteroatoms. The van der Waals surface area contributed by atoms with Crippen molar-refractivity contribution in [3.63, 3.8) is 0 Å². The average molecular weight is 409 g/mol. The summed E-state index contributed by atoms with van der Waals surface area (Å²) in [6.07, 6.45) is -1.37. The quantitative estimate of drug-likeness (QED) is 0.454. The van der Waals surface area contributed by atoms with Gasteiger partial charge in [-0.05, 0) is 30.3 Å². The van der Waals surface area contributed by atoms with Crippen LogP contribution in [0.1, 0.15) is 5.56 Å². The van der Waals surface area contributed by atoms with Crippen LogP contribution in [0.4, 0.5) is 29.1 Å². The lowest BCUT2D eigenvalue weighted by Crippen LogP contribution is -2.36. The third-order valence-electron chi connectivity index (χ3n) is 4.48. The minimum atomic E-state index is -4.59. The Hall–Kier alpha value is -3.07. The second kappa shape index (κ2) is 5.48. The minimum absolute atomic E-state index is 0.138. The maximum absolute atomic E-state index is 13.9. The topological polar surface area (TPSA) is 51.5 Å². The summed E-state index contributed by atoms with van der Waals surface area (Å²) in [6, 6.07) is 8.49. The lowest BCUT2D eigenvalue weighted by molar-refractivity contribution is -0.296. The number of alkyl halides is 4. The summed E-state index contributed by atoms with van der Waals surface area (Å²) < 4.78 is 60.5. The van der Waals surface area contributed by atoms with E-state index in [0.717, 1.165) is 12.1 Å². The molecule has 142 valence electrons. The van der Waals surface area contributed by atoms with Gasteiger partial charge in [0, 0.05) is 18.1 Å². The van der Waals surface area contributed by atoms with E-state index in [9.17, 15) is 17.6 Å². The molecule has 0 saturated heterocycles. The first-order chi connectivity index (χ1) is 13.3. The van der Waals surface area contributed by atoms with Gasteiger partial charge in [-0.15, -0.1) is 0 Å². The van der Waals surface area contributed by atoms with Crippen LogP contribution >= 0.6 is 11.6 Å². The Labute approximate surface area is 159 Å². The molecule has 4 aromatic rings. The molecule has 0 amide bonds. The van der Waals surface area contributed by atoms with Crippen LogP contribution in [-0.2, 0) is 5.92 Å². The standard InChI is InChI=1S/C18H9ClF4N4O/c19-11-2-1-3-12-14(11)27-7-6-24-16(27)15(26-12)25-9-4-5-13-10(8-9)17(20,21)18(22,23)28-13/h1-8H,(H,25,26). The molecule has 0 saturated carbocycles. The summed E-state index contributed by atoms with van der Waals surface area (Å²) >= 11 is 6.25. The van der Waals surface area contributed by atoms with Crippen molar-refractivity contribution in [1.82, 2.24) is 14.4 Å². The molecule has 2 aromatic heterocycles. The molecule has 5 rings (SSSR count). The second-order valence-electron chi connectivity index (χ2n) is 6.22. The largest absolute Gasteiger partial charge is 0.469 e. The molecule has 28 heavy (non-hydrogen) atoms. The van der Waals surface area contributed by atoms with Gasteiger partial charge in [0.05, 0.1) is 21.6 Å². The number of ether oxygens (including phenoxy) is 1. The van der Waals surface area contributed by atoms with E-state index in [1.54, 1.807) is 28.8 Å². The molecule has 0 atom stereocenters. The fourth-order valence-corrected chi connectivity index (χ4v) is 3.44. The van der Waals surface area contributed by atoms with E-state index in [1.807, 2.05) is 0 Å². The lowest BCUT2D eigenvalue weighted by atomic mass is 10.1. The van der Waals surface area contributed by atoms with Crippen molar-refractivity contribution in [3.05, 3.63) is 59.4 Å². The number of anilines is 2. The Bertz CT molecular complexity index is 1260. The fraction of sp³-hybridized carbons (Fsp3) is 0.111. The van der Waals surface area contributed by atoms with E-state index in [-0.39, 0.29) is 11.5 Å². The number of imidazole rings is 1. The molecule has 1 N–H and O–H groups in total. The van der Waals surface area contributed by atoms with E-state index in [0.29, 0.717) is 21.7 Å². The molecule has 2 aromatic carbocycles. The monoisotopic (exact) mass is 408 g/mol. The Morgan fingerprint density at radius 3 is 2.75 bits per heavy atom. The summed E-state index contributed by atoms with van der Waals surface area (Å²) in [6.45, 7) is 0. The molecule has 0 fully saturated rings. The van der Waals surface area contributed by atoms with E-state index in [4.69, 9.17) is 11.6 Å². The molecular weight excluding hydrogens is 400 g/mol. The van der Waals surface area contributed by atoms with Crippen LogP contribution in [0.3, 0.4) is 0 Å². The normalized spacial score (nSPS) is 16.9. The van der Waals surface area contributed by atoms with Crippen LogP contribution in [0.25, 0.3) is 16.7 Å². The maximum Gasteiger partial charge on any atom is 0.469 e. The van der Waals surface area contributed by atoms with Gasteiger partial charge >= 0.3 is 12.0 Å². The Balaban J connectivity index is 1.63. The highest BCUT2D eigenvalue weighted by Crippen LogP contribution is 2.53. The fourth-order valence-electron chi connectivity index (χ4n) is 3.18. The second-order valence-corrected chi connectivity index (χ2v) is 6.63. The van der Waals surface area contributed by atoms with Crippen molar-refractivity contribution < 1.29 is 22.3 Å². The highest BCUT2D eigenvalue weighted by molar-refractivity contribution is 6.35. The highest BCUT2D eigenvalue weighted by Gasteiger charge is 2.66. The van der Waals surface area contributed by atoms with Crippen molar-refractivity contribution in [2.45, 2.75) is 12.0 Å². The third-order valence-corrected chi connectivity index (χ3v) is 4.78. The van der Waals surface area contributed by atoms with Gasteiger partial charge in [-0.25, -0.2) is 9.97 Å². The third kappa shape index (κ3) is 2.26. The summed E-state index contributed by atoms with van der Waals surface area (Å²) in [5.41, 5.74) is 0.816. The summed E-state index contributed by atoms with van der Waals surface area (Å²) in [5, 5.41) is 3.34. The van der Waals surface area contributed by atoms with Gasteiger partial charge in [-0.3, -0.25) is 4.40 Å². The van der Waals surface area contributed by atoms with E-state index in [2.05, 4.69) is 20.0 Å². The van der Waals surface area contributed by atoms with Crippen LogP contribution in [0, 0.1) is 0 Å².